The Morgan fingerprint density at radius 3 is 2.00 bits per heavy atom. The average Bonchev–Trinajstić information content (AvgIpc) is 3.65. The number of hydrogen-bond acceptors (Lipinski definition) is 2. The van der Waals surface area contributed by atoms with Crippen LogP contribution in [0.4, 0.5) is 0 Å². The van der Waals surface area contributed by atoms with Gasteiger partial charge in [-0.25, -0.2) is 4.98 Å². The minimum Gasteiger partial charge on any atom is -0.309 e. The van der Waals surface area contributed by atoms with Gasteiger partial charge in [-0.15, -0.1) is 11.3 Å². The molecule has 0 aliphatic heterocycles. The van der Waals surface area contributed by atoms with Gasteiger partial charge in [-0.2, -0.15) is 0 Å². The van der Waals surface area contributed by atoms with Crippen LogP contribution in [0.3, 0.4) is 0 Å². The summed E-state index contributed by atoms with van der Waals surface area (Å²) in [4.78, 5) is 6.06. The van der Waals surface area contributed by atoms with Crippen molar-refractivity contribution in [3.8, 4) is 28.2 Å². The summed E-state index contributed by atoms with van der Waals surface area (Å²) in [5.41, 5.74) is 8.02. The molecule has 0 amide bonds. The number of para-hydroxylation sites is 2. The second-order valence-electron chi connectivity index (χ2n) is 9.34. The highest BCUT2D eigenvalue weighted by Crippen LogP contribution is 2.37. The second-order valence-corrected chi connectivity index (χ2v) is 10.2. The Kier molecular flexibility index (Phi) is 4.39. The molecule has 0 saturated carbocycles. The topological polar surface area (TPSA) is 22.2 Å². The fraction of sp³-hybridized carbons (Fsp3) is 0. The fourth-order valence-corrected chi connectivity index (χ4v) is 6.28. The first kappa shape index (κ1) is 20.5. The highest BCUT2D eigenvalue weighted by Gasteiger charge is 2.18. The maximum Gasteiger partial charge on any atom is 0.194 e. The van der Waals surface area contributed by atoms with Gasteiger partial charge < -0.3 is 4.57 Å². The van der Waals surface area contributed by atoms with E-state index >= 15 is 0 Å². The lowest BCUT2D eigenvalue weighted by Crippen LogP contribution is -1.94. The van der Waals surface area contributed by atoms with Gasteiger partial charge in [-0.05, 0) is 41.1 Å². The van der Waals surface area contributed by atoms with Gasteiger partial charge in [0.05, 0.1) is 22.4 Å². The Morgan fingerprint density at radius 2 is 1.24 bits per heavy atom. The first-order chi connectivity index (χ1) is 18.3. The van der Waals surface area contributed by atoms with Crippen LogP contribution in [0.5, 0.6) is 0 Å². The Balaban J connectivity index is 1.31. The van der Waals surface area contributed by atoms with Gasteiger partial charge in [0.1, 0.15) is 0 Å². The zero-order chi connectivity index (χ0) is 24.3. The molecule has 0 radical (unpaired) electrons. The van der Waals surface area contributed by atoms with Crippen LogP contribution in [0.25, 0.3) is 65.7 Å². The van der Waals surface area contributed by atoms with Crippen molar-refractivity contribution >= 4 is 48.9 Å². The predicted molar refractivity (Wildman–Crippen MR) is 156 cm³/mol. The van der Waals surface area contributed by atoms with Gasteiger partial charge in [0.25, 0.3) is 0 Å². The summed E-state index contributed by atoms with van der Waals surface area (Å²) in [5, 5.41) is 7.11. The van der Waals surface area contributed by atoms with Crippen LogP contribution in [-0.4, -0.2) is 14.0 Å². The molecule has 3 nitrogen and oxygen atoms in total. The number of thiazole rings is 1. The zero-order valence-electron chi connectivity index (χ0n) is 19.9. The van der Waals surface area contributed by atoms with E-state index in [1.54, 1.807) is 11.3 Å². The first-order valence-corrected chi connectivity index (χ1v) is 13.3. The Hall–Kier alpha value is -4.67. The lowest BCUT2D eigenvalue weighted by atomic mass is 10.0. The van der Waals surface area contributed by atoms with Gasteiger partial charge in [0.2, 0.25) is 0 Å². The number of fused-ring (bicyclic) bond motifs is 5. The molecule has 3 aromatic heterocycles. The van der Waals surface area contributed by atoms with Gasteiger partial charge >= 0.3 is 0 Å². The maximum atomic E-state index is 5.06. The lowest BCUT2D eigenvalue weighted by Gasteiger charge is -2.10. The van der Waals surface area contributed by atoms with E-state index in [0.717, 1.165) is 33.2 Å². The molecule has 0 N–H and O–H groups in total. The third kappa shape index (κ3) is 3.09. The van der Waals surface area contributed by atoms with Crippen LogP contribution in [-0.2, 0) is 0 Å². The van der Waals surface area contributed by atoms with E-state index in [1.807, 2.05) is 0 Å². The van der Waals surface area contributed by atoms with Crippen LogP contribution in [0.15, 0.2) is 127 Å². The molecule has 5 aromatic carbocycles. The molecular formula is C33H21N3S. The van der Waals surface area contributed by atoms with E-state index in [4.69, 9.17) is 4.98 Å². The Labute approximate surface area is 217 Å². The number of aromatic nitrogens is 3. The van der Waals surface area contributed by atoms with Gasteiger partial charge in [-0.1, -0.05) is 84.9 Å². The highest BCUT2D eigenvalue weighted by atomic mass is 32.1. The van der Waals surface area contributed by atoms with Crippen LogP contribution in [0.2, 0.25) is 0 Å². The van der Waals surface area contributed by atoms with Crippen LogP contribution in [0.1, 0.15) is 0 Å². The summed E-state index contributed by atoms with van der Waals surface area (Å²) in [6.45, 7) is 0. The maximum absolute atomic E-state index is 5.06. The van der Waals surface area contributed by atoms with Gasteiger partial charge in [-0.3, -0.25) is 4.40 Å². The molecule has 0 unspecified atom stereocenters. The number of imidazole rings is 1. The molecule has 8 rings (SSSR count). The van der Waals surface area contributed by atoms with Crippen molar-refractivity contribution in [2.75, 3.05) is 0 Å². The molecule has 0 aliphatic carbocycles. The molecule has 0 aliphatic rings. The van der Waals surface area contributed by atoms with Crippen LogP contribution in [0, 0.1) is 0 Å². The summed E-state index contributed by atoms with van der Waals surface area (Å²) in [6.07, 6.45) is 2.12. The van der Waals surface area contributed by atoms with Crippen LogP contribution >= 0.6 is 11.3 Å². The quantitative estimate of drug-likeness (QED) is 0.242. The molecule has 0 saturated heterocycles. The van der Waals surface area contributed by atoms with Crippen molar-refractivity contribution in [3.05, 3.63) is 127 Å². The van der Waals surface area contributed by atoms with Crippen molar-refractivity contribution < 1.29 is 0 Å². The first-order valence-electron chi connectivity index (χ1n) is 12.4. The molecule has 0 bridgehead atoms. The molecule has 8 aromatic rings. The molecule has 4 heteroatoms. The standard InChI is InChI=1S/C33H21N3S/c1-2-8-24-21-25(14-13-22(24)7-1)31-32(35-19-20-37-33(35)34-31)23-15-17-26(18-16-23)36-29-11-5-3-9-27(29)28-10-4-6-12-30(28)36/h1-21H. The molecule has 37 heavy (non-hydrogen) atoms. The highest BCUT2D eigenvalue weighted by molar-refractivity contribution is 7.15. The van der Waals surface area contributed by atoms with E-state index < -0.39 is 0 Å². The normalized spacial score (nSPS) is 11.8. The van der Waals surface area contributed by atoms with Crippen molar-refractivity contribution in [1.82, 2.24) is 14.0 Å². The number of benzene rings is 5. The summed E-state index contributed by atoms with van der Waals surface area (Å²) >= 11 is 1.67. The summed E-state index contributed by atoms with van der Waals surface area (Å²) < 4.78 is 4.57. The Morgan fingerprint density at radius 1 is 0.595 bits per heavy atom. The molecular weight excluding hydrogens is 470 g/mol. The van der Waals surface area contributed by atoms with Crippen molar-refractivity contribution in [3.63, 3.8) is 0 Å². The largest absolute Gasteiger partial charge is 0.309 e. The second kappa shape index (κ2) is 7.92. The van der Waals surface area contributed by atoms with Crippen molar-refractivity contribution in [2.24, 2.45) is 0 Å². The minimum atomic E-state index is 1.00. The molecule has 3 heterocycles. The number of hydrogen-bond donors (Lipinski definition) is 0. The third-order valence-corrected chi connectivity index (χ3v) is 8.02. The average molecular weight is 492 g/mol. The van der Waals surface area contributed by atoms with E-state index in [-0.39, 0.29) is 0 Å². The minimum absolute atomic E-state index is 1.00. The third-order valence-electron chi connectivity index (χ3n) is 7.26. The lowest BCUT2D eigenvalue weighted by molar-refractivity contribution is 1.18. The molecule has 0 atom stereocenters. The van der Waals surface area contributed by atoms with Crippen molar-refractivity contribution in [2.45, 2.75) is 0 Å². The van der Waals surface area contributed by atoms with Crippen molar-refractivity contribution in [1.29, 1.82) is 0 Å². The van der Waals surface area contributed by atoms with E-state index in [1.165, 1.54) is 32.6 Å². The number of rotatable bonds is 3. The molecule has 174 valence electrons. The van der Waals surface area contributed by atoms with Gasteiger partial charge in [0.15, 0.2) is 4.96 Å². The van der Waals surface area contributed by atoms with E-state index in [2.05, 4.69) is 136 Å². The summed E-state index contributed by atoms with van der Waals surface area (Å²) in [7, 11) is 0. The molecule has 0 fully saturated rings. The predicted octanol–water partition coefficient (Wildman–Crippen LogP) is 8.98. The van der Waals surface area contributed by atoms with E-state index in [9.17, 15) is 0 Å². The summed E-state index contributed by atoms with van der Waals surface area (Å²) in [5.74, 6) is 0. The smallest absolute Gasteiger partial charge is 0.194 e. The summed E-state index contributed by atoms with van der Waals surface area (Å²) in [6, 6.07) is 41.3. The Bertz CT molecular complexity index is 2040. The number of nitrogens with zero attached hydrogens (tertiary/aromatic N) is 3. The van der Waals surface area contributed by atoms with Gasteiger partial charge in [0, 0.05) is 39.2 Å². The monoisotopic (exact) mass is 491 g/mol. The van der Waals surface area contributed by atoms with E-state index in [0.29, 0.717) is 0 Å². The zero-order valence-corrected chi connectivity index (χ0v) is 20.7. The van der Waals surface area contributed by atoms with Crippen LogP contribution < -0.4 is 0 Å². The fourth-order valence-electron chi connectivity index (χ4n) is 5.57. The SMILES string of the molecule is c1ccc2cc(-c3nc4sccn4c3-c3ccc(-n4c5ccccc5c5ccccc54)cc3)ccc2c1. The molecule has 0 spiro atoms.